The molecule has 65 heavy (non-hydrogen) atoms. The Morgan fingerprint density at radius 2 is 0.908 bits per heavy atom. The maximum absolute atomic E-state index is 6.73. The lowest BCUT2D eigenvalue weighted by Crippen LogP contribution is -2.09. The summed E-state index contributed by atoms with van der Waals surface area (Å²) in [7, 11) is 0. The van der Waals surface area contributed by atoms with Crippen molar-refractivity contribution >= 4 is 115 Å². The maximum Gasteiger partial charge on any atom is 0.162 e. The van der Waals surface area contributed by atoms with Gasteiger partial charge in [0, 0.05) is 44.7 Å². The monoisotopic (exact) mass is 827 g/mol. The van der Waals surface area contributed by atoms with E-state index in [1.165, 1.54) is 59.2 Å². The average molecular weight is 828 g/mol. The van der Waals surface area contributed by atoms with E-state index in [1.807, 2.05) is 6.07 Å². The van der Waals surface area contributed by atoms with E-state index in [2.05, 4.69) is 211 Å². The number of hydrogen-bond donors (Lipinski definition) is 0. The highest BCUT2D eigenvalue weighted by atomic mass is 16.3. The van der Waals surface area contributed by atoms with Crippen LogP contribution < -0.4 is 0 Å². The third-order valence-electron chi connectivity index (χ3n) is 13.6. The molecule has 14 rings (SSSR count). The minimum atomic E-state index is 0.579. The zero-order chi connectivity index (χ0) is 42.6. The SMILES string of the molecule is C1=C(c2cc3ccccc3c3ccccc23)N=C(c2cc3oc4ccccc4c3cc2-n2c3ccccc3c3cc4ccccc4cc32)N=C(c2cc3ccccc3c3ccccc23)C1. The molecule has 4 heteroatoms. The molecular weight excluding hydrogens is 791 g/mol. The largest absolute Gasteiger partial charge is 0.456 e. The number of aliphatic imine (C=N–C) groups is 2. The van der Waals surface area contributed by atoms with Crippen LogP contribution >= 0.6 is 0 Å². The summed E-state index contributed by atoms with van der Waals surface area (Å²) >= 11 is 0. The molecule has 4 nitrogen and oxygen atoms in total. The van der Waals surface area contributed by atoms with Crippen LogP contribution in [0.3, 0.4) is 0 Å². The first-order chi connectivity index (χ1) is 32.2. The van der Waals surface area contributed by atoms with Gasteiger partial charge < -0.3 is 8.98 Å². The number of furan rings is 1. The number of allylic oxidation sites excluding steroid dienone is 1. The molecule has 0 aliphatic carbocycles. The molecule has 0 bridgehead atoms. The summed E-state index contributed by atoms with van der Waals surface area (Å²) in [6, 6.07) is 74.3. The number of amidine groups is 1. The topological polar surface area (TPSA) is 42.8 Å². The van der Waals surface area contributed by atoms with Gasteiger partial charge in [-0.25, -0.2) is 9.98 Å². The second kappa shape index (κ2) is 14.0. The lowest BCUT2D eigenvalue weighted by atomic mass is 9.93. The number of rotatable bonds is 4. The van der Waals surface area contributed by atoms with Crippen molar-refractivity contribution in [2.24, 2.45) is 9.98 Å². The number of aromatic nitrogens is 1. The van der Waals surface area contributed by atoms with Gasteiger partial charge in [-0.05, 0) is 102 Å². The molecule has 0 unspecified atom stereocenters. The summed E-state index contributed by atoms with van der Waals surface area (Å²) in [4.78, 5) is 11.6. The van der Waals surface area contributed by atoms with Gasteiger partial charge in [-0.1, -0.05) is 164 Å². The van der Waals surface area contributed by atoms with Crippen molar-refractivity contribution in [3.05, 3.63) is 229 Å². The van der Waals surface area contributed by atoms with Crippen molar-refractivity contribution in [3.63, 3.8) is 0 Å². The molecule has 11 aromatic carbocycles. The maximum atomic E-state index is 6.73. The highest BCUT2D eigenvalue weighted by molar-refractivity contribution is 6.25. The lowest BCUT2D eigenvalue weighted by Gasteiger charge is -2.16. The van der Waals surface area contributed by atoms with Gasteiger partial charge in [0.25, 0.3) is 0 Å². The van der Waals surface area contributed by atoms with Gasteiger partial charge in [0.1, 0.15) is 11.2 Å². The van der Waals surface area contributed by atoms with Crippen molar-refractivity contribution in [2.45, 2.75) is 6.42 Å². The Balaban J connectivity index is 1.12. The van der Waals surface area contributed by atoms with Gasteiger partial charge in [-0.3, -0.25) is 0 Å². The van der Waals surface area contributed by atoms with Crippen LogP contribution in [0.5, 0.6) is 0 Å². The Morgan fingerprint density at radius 3 is 1.63 bits per heavy atom. The van der Waals surface area contributed by atoms with Crippen LogP contribution in [0.4, 0.5) is 0 Å². The number of nitrogens with zero attached hydrogens (tertiary/aromatic N) is 3. The fourth-order valence-electron chi connectivity index (χ4n) is 10.6. The van der Waals surface area contributed by atoms with Gasteiger partial charge in [0.2, 0.25) is 0 Å². The zero-order valence-corrected chi connectivity index (χ0v) is 35.2. The predicted octanol–water partition coefficient (Wildman–Crippen LogP) is 16.1. The average Bonchev–Trinajstić information content (AvgIpc) is 3.79. The van der Waals surface area contributed by atoms with Crippen LogP contribution in [0.2, 0.25) is 0 Å². The number of benzene rings is 11. The fourth-order valence-corrected chi connectivity index (χ4v) is 10.6. The summed E-state index contributed by atoms with van der Waals surface area (Å²) in [6.45, 7) is 0. The third-order valence-corrected chi connectivity index (χ3v) is 13.6. The van der Waals surface area contributed by atoms with Crippen molar-refractivity contribution in [1.29, 1.82) is 0 Å². The summed E-state index contributed by atoms with van der Waals surface area (Å²) in [5.74, 6) is 0.627. The Morgan fingerprint density at radius 1 is 0.354 bits per heavy atom. The Bertz CT molecular complexity index is 4270. The highest BCUT2D eigenvalue weighted by Crippen LogP contribution is 2.41. The molecule has 0 fully saturated rings. The molecule has 0 radical (unpaired) electrons. The molecule has 0 N–H and O–H groups in total. The van der Waals surface area contributed by atoms with Gasteiger partial charge in [-0.2, -0.15) is 0 Å². The minimum Gasteiger partial charge on any atom is -0.456 e. The van der Waals surface area contributed by atoms with Gasteiger partial charge >= 0.3 is 0 Å². The summed E-state index contributed by atoms with van der Waals surface area (Å²) < 4.78 is 9.15. The molecule has 0 atom stereocenters. The van der Waals surface area contributed by atoms with Crippen LogP contribution in [0.1, 0.15) is 23.1 Å². The van der Waals surface area contributed by atoms with Gasteiger partial charge in [-0.15, -0.1) is 0 Å². The molecule has 0 spiro atoms. The lowest BCUT2D eigenvalue weighted by molar-refractivity contribution is 0.669. The van der Waals surface area contributed by atoms with E-state index >= 15 is 0 Å². The number of hydrogen-bond acceptors (Lipinski definition) is 3. The molecule has 2 aromatic heterocycles. The predicted molar refractivity (Wildman–Crippen MR) is 274 cm³/mol. The molecule has 1 aliphatic heterocycles. The quantitative estimate of drug-likeness (QED) is 0.163. The van der Waals surface area contributed by atoms with Crippen molar-refractivity contribution in [3.8, 4) is 5.69 Å². The van der Waals surface area contributed by atoms with E-state index in [4.69, 9.17) is 14.4 Å². The second-order valence-corrected chi connectivity index (χ2v) is 17.2. The van der Waals surface area contributed by atoms with Crippen LogP contribution in [-0.4, -0.2) is 16.1 Å². The first-order valence-corrected chi connectivity index (χ1v) is 22.3. The van der Waals surface area contributed by atoms with Crippen molar-refractivity contribution in [1.82, 2.24) is 4.57 Å². The summed E-state index contributed by atoms with van der Waals surface area (Å²) in [6.07, 6.45) is 2.87. The van der Waals surface area contributed by atoms with Gasteiger partial charge in [0.15, 0.2) is 5.84 Å². The van der Waals surface area contributed by atoms with E-state index in [9.17, 15) is 0 Å². The van der Waals surface area contributed by atoms with E-state index < -0.39 is 0 Å². The highest BCUT2D eigenvalue weighted by Gasteiger charge is 2.25. The standard InChI is InChI=1S/C61H37N3O/c1-2-16-38-34-57-51(31-37(38)15-1)47-25-11-13-27-56(47)64(57)58-35-52-48-26-12-14-28-59(48)65-60(52)36-53(58)61-62-54(49-32-39-17-3-5-19-41(39)43-21-7-9-23-45(43)49)29-30-55(63-61)50-33-40-18-4-6-20-42(40)44-22-8-10-24-46(44)50/h1-29,31-36H,30H2. The first-order valence-electron chi connectivity index (χ1n) is 22.3. The van der Waals surface area contributed by atoms with Crippen LogP contribution in [0.15, 0.2) is 227 Å². The molecule has 13 aromatic rings. The first kappa shape index (κ1) is 35.9. The Hall–Kier alpha value is -8.60. The van der Waals surface area contributed by atoms with Crippen molar-refractivity contribution < 1.29 is 4.42 Å². The molecular formula is C61H37N3O. The Kier molecular flexibility index (Phi) is 7.71. The van der Waals surface area contributed by atoms with E-state index in [1.54, 1.807) is 0 Å². The van der Waals surface area contributed by atoms with E-state index in [-0.39, 0.29) is 0 Å². The molecule has 0 saturated heterocycles. The van der Waals surface area contributed by atoms with Gasteiger partial charge in [0.05, 0.1) is 28.1 Å². The molecule has 0 saturated carbocycles. The zero-order valence-electron chi connectivity index (χ0n) is 35.2. The number of para-hydroxylation sites is 2. The summed E-state index contributed by atoms with van der Waals surface area (Å²) in [5.41, 5.74) is 9.75. The van der Waals surface area contributed by atoms with Crippen LogP contribution in [0, 0.1) is 0 Å². The normalized spacial score (nSPS) is 13.4. The van der Waals surface area contributed by atoms with E-state index in [0.717, 1.165) is 72.1 Å². The van der Waals surface area contributed by atoms with E-state index in [0.29, 0.717) is 12.3 Å². The molecule has 3 heterocycles. The number of fused-ring (bicyclic) bond motifs is 13. The smallest absolute Gasteiger partial charge is 0.162 e. The fraction of sp³-hybridized carbons (Fsp3) is 0.0164. The van der Waals surface area contributed by atoms with Crippen molar-refractivity contribution in [2.75, 3.05) is 0 Å². The van der Waals surface area contributed by atoms with Crippen LogP contribution in [0.25, 0.3) is 109 Å². The summed E-state index contributed by atoms with van der Waals surface area (Å²) in [5, 5.41) is 16.4. The minimum absolute atomic E-state index is 0.579. The third kappa shape index (κ3) is 5.51. The molecule has 0 amide bonds. The van der Waals surface area contributed by atoms with Crippen LogP contribution in [-0.2, 0) is 0 Å². The Labute approximate surface area is 373 Å². The molecule has 1 aliphatic rings. The second-order valence-electron chi connectivity index (χ2n) is 17.2. The molecule has 302 valence electrons.